The van der Waals surface area contributed by atoms with Crippen LogP contribution in [-0.4, -0.2) is 9.97 Å². The molecule has 0 aromatic carbocycles. The summed E-state index contributed by atoms with van der Waals surface area (Å²) >= 11 is 14.8. The van der Waals surface area contributed by atoms with E-state index in [1.54, 1.807) is 24.2 Å². The van der Waals surface area contributed by atoms with Crippen molar-refractivity contribution < 1.29 is 0 Å². The Hall–Kier alpha value is -0.290. The molecule has 0 radical (unpaired) electrons. The monoisotopic (exact) mass is 276 g/mol. The quantitative estimate of drug-likeness (QED) is 0.789. The Morgan fingerprint density at radius 2 is 2.20 bits per heavy atom. The minimum Gasteiger partial charge on any atom is -0.248 e. The zero-order chi connectivity index (χ0) is 10.7. The highest BCUT2D eigenvalue weighted by Gasteiger charge is 2.04. The molecule has 0 amide bonds. The third-order valence-corrected chi connectivity index (χ3v) is 4.37. The van der Waals surface area contributed by atoms with Gasteiger partial charge in [0.2, 0.25) is 0 Å². The molecule has 2 aromatic heterocycles. The van der Waals surface area contributed by atoms with E-state index < -0.39 is 0 Å². The molecule has 0 unspecified atom stereocenters. The topological polar surface area (TPSA) is 25.8 Å². The Bertz CT molecular complexity index is 459. The molecule has 6 heteroatoms. The van der Waals surface area contributed by atoms with Crippen LogP contribution in [0.3, 0.4) is 0 Å². The van der Waals surface area contributed by atoms with Gasteiger partial charge in [-0.2, -0.15) is 0 Å². The van der Waals surface area contributed by atoms with Gasteiger partial charge in [-0.3, -0.25) is 0 Å². The molecule has 0 aliphatic carbocycles. The number of rotatable bonds is 3. The predicted molar refractivity (Wildman–Crippen MR) is 65.9 cm³/mol. The molecule has 0 saturated heterocycles. The maximum Gasteiger partial charge on any atom is 0.183 e. The predicted octanol–water partition coefficient (Wildman–Crippen LogP) is 4.14. The minimum atomic E-state index is 0.567. The first-order valence-electron chi connectivity index (χ1n) is 4.09. The zero-order valence-electron chi connectivity index (χ0n) is 7.48. The van der Waals surface area contributed by atoms with Crippen LogP contribution in [0, 0.1) is 0 Å². The highest BCUT2D eigenvalue weighted by atomic mass is 35.5. The van der Waals surface area contributed by atoms with Crippen molar-refractivity contribution in [3.05, 3.63) is 38.9 Å². The summed E-state index contributed by atoms with van der Waals surface area (Å²) in [7, 11) is 0. The number of halogens is 2. The summed E-state index contributed by atoms with van der Waals surface area (Å²) in [5, 5.41) is 1.52. The Labute approximate surface area is 106 Å². The molecule has 0 N–H and O–H groups in total. The van der Waals surface area contributed by atoms with E-state index in [4.69, 9.17) is 23.2 Å². The second-order valence-electron chi connectivity index (χ2n) is 2.66. The molecule has 0 bridgehead atoms. The van der Waals surface area contributed by atoms with Crippen LogP contribution in [0.5, 0.6) is 0 Å². The number of thioether (sulfide) groups is 1. The lowest BCUT2D eigenvalue weighted by atomic mass is 10.5. The first kappa shape index (κ1) is 11.2. The highest BCUT2D eigenvalue weighted by Crippen LogP contribution is 2.29. The van der Waals surface area contributed by atoms with Crippen LogP contribution in [-0.2, 0) is 5.75 Å². The van der Waals surface area contributed by atoms with E-state index in [1.165, 1.54) is 11.3 Å². The smallest absolute Gasteiger partial charge is 0.183 e. The van der Waals surface area contributed by atoms with Gasteiger partial charge < -0.3 is 0 Å². The Morgan fingerprint density at radius 1 is 1.33 bits per heavy atom. The highest BCUT2D eigenvalue weighted by molar-refractivity contribution is 7.98. The van der Waals surface area contributed by atoms with Crippen molar-refractivity contribution in [2.75, 3.05) is 0 Å². The molecular weight excluding hydrogens is 271 g/mol. The Balaban J connectivity index is 2.02. The van der Waals surface area contributed by atoms with Gasteiger partial charge in [-0.15, -0.1) is 11.3 Å². The third-order valence-electron chi connectivity index (χ3n) is 1.60. The fourth-order valence-corrected chi connectivity index (χ4v) is 3.13. The van der Waals surface area contributed by atoms with Crippen LogP contribution in [0.1, 0.15) is 4.88 Å². The molecule has 2 rings (SSSR count). The van der Waals surface area contributed by atoms with E-state index in [1.807, 2.05) is 12.1 Å². The van der Waals surface area contributed by atoms with E-state index in [0.29, 0.717) is 9.49 Å². The van der Waals surface area contributed by atoms with E-state index in [9.17, 15) is 0 Å². The zero-order valence-corrected chi connectivity index (χ0v) is 10.6. The number of pyridine rings is 1. The molecule has 0 saturated carbocycles. The number of hydrogen-bond acceptors (Lipinski definition) is 4. The molecule has 15 heavy (non-hydrogen) atoms. The van der Waals surface area contributed by atoms with Crippen LogP contribution >= 0.6 is 46.3 Å². The maximum absolute atomic E-state index is 5.97. The Kier molecular flexibility index (Phi) is 3.86. The van der Waals surface area contributed by atoms with Crippen molar-refractivity contribution >= 4 is 46.3 Å². The lowest BCUT2D eigenvalue weighted by Crippen LogP contribution is -1.81. The summed E-state index contributed by atoms with van der Waals surface area (Å²) in [6, 6.07) is 3.65. The standard InChI is InChI=1S/C9H6Cl2N2S2/c10-7-2-1-3-12-8(7)14-5-6-4-13-9(11)15-6/h1-4H,5H2. The van der Waals surface area contributed by atoms with Crippen molar-refractivity contribution in [3.8, 4) is 0 Å². The van der Waals surface area contributed by atoms with Crippen LogP contribution in [0.4, 0.5) is 0 Å². The average molecular weight is 277 g/mol. The Morgan fingerprint density at radius 3 is 2.87 bits per heavy atom. The number of nitrogens with zero attached hydrogens (tertiary/aromatic N) is 2. The van der Waals surface area contributed by atoms with Gasteiger partial charge in [0.15, 0.2) is 4.47 Å². The van der Waals surface area contributed by atoms with Gasteiger partial charge in [-0.25, -0.2) is 9.97 Å². The van der Waals surface area contributed by atoms with Gasteiger partial charge in [0.1, 0.15) is 5.03 Å². The molecule has 0 fully saturated rings. The number of thiazole rings is 1. The summed E-state index contributed by atoms with van der Waals surface area (Å²) in [5.74, 6) is 0.793. The van der Waals surface area contributed by atoms with E-state index >= 15 is 0 Å². The normalized spacial score (nSPS) is 10.5. The molecule has 0 aliphatic rings. The van der Waals surface area contributed by atoms with E-state index in [-0.39, 0.29) is 0 Å². The second-order valence-corrected chi connectivity index (χ2v) is 5.73. The number of aromatic nitrogens is 2. The maximum atomic E-state index is 5.97. The van der Waals surface area contributed by atoms with Gasteiger partial charge in [0.05, 0.1) is 5.02 Å². The molecule has 2 nitrogen and oxygen atoms in total. The average Bonchev–Trinajstić information content (AvgIpc) is 2.63. The lowest BCUT2D eigenvalue weighted by Gasteiger charge is -1.99. The molecular formula is C9H6Cl2N2S2. The third kappa shape index (κ3) is 3.08. The fourth-order valence-electron chi connectivity index (χ4n) is 0.967. The minimum absolute atomic E-state index is 0.567. The largest absolute Gasteiger partial charge is 0.248 e. The SMILES string of the molecule is Clc1ncc(CSc2ncccc2Cl)s1. The van der Waals surface area contributed by atoms with Crippen molar-refractivity contribution in [1.29, 1.82) is 0 Å². The van der Waals surface area contributed by atoms with E-state index in [0.717, 1.165) is 15.7 Å². The first-order chi connectivity index (χ1) is 7.25. The van der Waals surface area contributed by atoms with Gasteiger partial charge >= 0.3 is 0 Å². The van der Waals surface area contributed by atoms with Crippen molar-refractivity contribution in [2.45, 2.75) is 10.8 Å². The molecule has 0 spiro atoms. The van der Waals surface area contributed by atoms with Gasteiger partial charge in [0, 0.05) is 23.0 Å². The van der Waals surface area contributed by atoms with Gasteiger partial charge in [0.25, 0.3) is 0 Å². The van der Waals surface area contributed by atoms with Crippen LogP contribution in [0.25, 0.3) is 0 Å². The van der Waals surface area contributed by atoms with Crippen LogP contribution < -0.4 is 0 Å². The molecule has 78 valence electrons. The van der Waals surface area contributed by atoms with Crippen LogP contribution in [0.15, 0.2) is 29.6 Å². The van der Waals surface area contributed by atoms with Gasteiger partial charge in [-0.05, 0) is 12.1 Å². The van der Waals surface area contributed by atoms with Crippen molar-refractivity contribution in [2.24, 2.45) is 0 Å². The van der Waals surface area contributed by atoms with Crippen molar-refractivity contribution in [1.82, 2.24) is 9.97 Å². The van der Waals surface area contributed by atoms with Crippen LogP contribution in [0.2, 0.25) is 9.49 Å². The summed E-state index contributed by atoms with van der Waals surface area (Å²) in [5.41, 5.74) is 0. The number of hydrogen-bond donors (Lipinski definition) is 0. The summed E-state index contributed by atoms with van der Waals surface area (Å²) in [4.78, 5) is 9.27. The second kappa shape index (κ2) is 5.16. The summed E-state index contributed by atoms with van der Waals surface area (Å²) in [6.07, 6.45) is 3.50. The lowest BCUT2D eigenvalue weighted by molar-refractivity contribution is 1.13. The van der Waals surface area contributed by atoms with Gasteiger partial charge in [-0.1, -0.05) is 35.0 Å². The molecule has 2 aromatic rings. The molecule has 0 atom stereocenters. The first-order valence-corrected chi connectivity index (χ1v) is 6.65. The molecule has 0 aliphatic heterocycles. The summed E-state index contributed by atoms with van der Waals surface area (Å²) < 4.78 is 0.567. The molecule has 2 heterocycles. The van der Waals surface area contributed by atoms with Crippen molar-refractivity contribution in [3.63, 3.8) is 0 Å². The van der Waals surface area contributed by atoms with E-state index in [2.05, 4.69) is 9.97 Å². The fraction of sp³-hybridized carbons (Fsp3) is 0.111. The summed E-state index contributed by atoms with van der Waals surface area (Å²) in [6.45, 7) is 0.